The van der Waals surface area contributed by atoms with Gasteiger partial charge in [-0.1, -0.05) is 42.5 Å². The first-order valence-corrected chi connectivity index (χ1v) is 8.11. The molecular weight excluding hydrogens is 304 g/mol. The summed E-state index contributed by atoms with van der Waals surface area (Å²) in [6.45, 7) is 1.61. The lowest BCUT2D eigenvalue weighted by Crippen LogP contribution is -2.38. The van der Waals surface area contributed by atoms with Gasteiger partial charge in [-0.05, 0) is 29.9 Å². The summed E-state index contributed by atoms with van der Waals surface area (Å²) < 4.78 is 0. The highest BCUT2D eigenvalue weighted by atomic mass is 32.1. The van der Waals surface area contributed by atoms with Gasteiger partial charge in [0.15, 0.2) is 5.11 Å². The van der Waals surface area contributed by atoms with Crippen molar-refractivity contribution in [1.29, 1.82) is 0 Å². The molecule has 1 aromatic heterocycles. The van der Waals surface area contributed by atoms with Crippen molar-refractivity contribution in [1.82, 2.24) is 20.2 Å². The Morgan fingerprint density at radius 2 is 1.87 bits per heavy atom. The smallest absolute Gasteiger partial charge is 0.168 e. The van der Waals surface area contributed by atoms with Crippen LogP contribution in [0.3, 0.4) is 0 Å². The summed E-state index contributed by atoms with van der Waals surface area (Å²) in [5.41, 5.74) is 3.33. The Hall–Kier alpha value is -2.40. The normalized spacial score (nSPS) is 10.7. The van der Waals surface area contributed by atoms with Crippen molar-refractivity contribution in [2.45, 2.75) is 13.0 Å². The number of nitrogens with zero attached hydrogens (tertiary/aromatic N) is 2. The second-order valence-electron chi connectivity index (χ2n) is 5.41. The topological polar surface area (TPSA) is 44.0 Å². The maximum absolute atomic E-state index is 5.44. The van der Waals surface area contributed by atoms with E-state index in [4.69, 9.17) is 12.2 Å². The number of para-hydroxylation sites is 2. The number of rotatable bonds is 5. The molecule has 0 saturated heterocycles. The zero-order valence-electron chi connectivity index (χ0n) is 13.1. The number of thiocarbonyl (C=S) groups is 1. The molecule has 5 heteroatoms. The third-order valence-corrected chi connectivity index (χ3v) is 4.24. The molecule has 2 aromatic carbocycles. The van der Waals surface area contributed by atoms with Gasteiger partial charge in [0.2, 0.25) is 0 Å². The Balaban J connectivity index is 1.69. The van der Waals surface area contributed by atoms with Gasteiger partial charge >= 0.3 is 0 Å². The number of hydrogen-bond acceptors (Lipinski definition) is 2. The molecule has 118 valence electrons. The van der Waals surface area contributed by atoms with Crippen molar-refractivity contribution in [3.8, 4) is 0 Å². The highest BCUT2D eigenvalue weighted by Crippen LogP contribution is 2.12. The first kappa shape index (κ1) is 15.5. The average molecular weight is 324 g/mol. The van der Waals surface area contributed by atoms with E-state index in [2.05, 4.69) is 44.5 Å². The minimum atomic E-state index is 0.755. The Morgan fingerprint density at radius 3 is 2.61 bits per heavy atom. The number of aromatic nitrogens is 2. The van der Waals surface area contributed by atoms with Gasteiger partial charge in [0.1, 0.15) is 5.82 Å². The van der Waals surface area contributed by atoms with Crippen molar-refractivity contribution in [2.75, 3.05) is 13.6 Å². The van der Waals surface area contributed by atoms with Crippen LogP contribution in [0.2, 0.25) is 0 Å². The predicted octanol–water partition coefficient (Wildman–Crippen LogP) is 3.11. The molecule has 0 aliphatic rings. The summed E-state index contributed by atoms with van der Waals surface area (Å²) in [6, 6.07) is 18.5. The van der Waals surface area contributed by atoms with Crippen molar-refractivity contribution in [2.24, 2.45) is 0 Å². The Labute approximate surface area is 141 Å². The fourth-order valence-corrected chi connectivity index (χ4v) is 2.74. The summed E-state index contributed by atoms with van der Waals surface area (Å²) in [5.74, 6) is 0.989. The SMILES string of the molecule is CNC(=S)N(CCc1nc2ccccc2[nH]1)Cc1ccccc1. The molecule has 0 unspecified atom stereocenters. The third kappa shape index (κ3) is 3.87. The van der Waals surface area contributed by atoms with Crippen LogP contribution in [0.5, 0.6) is 0 Å². The zero-order valence-corrected chi connectivity index (χ0v) is 13.9. The van der Waals surface area contributed by atoms with Gasteiger partial charge in [0.05, 0.1) is 11.0 Å². The minimum Gasteiger partial charge on any atom is -0.366 e. The first-order chi connectivity index (χ1) is 11.3. The molecular formula is C18H20N4S. The van der Waals surface area contributed by atoms with Crippen molar-refractivity contribution >= 4 is 28.4 Å². The maximum atomic E-state index is 5.44. The summed E-state index contributed by atoms with van der Waals surface area (Å²) in [4.78, 5) is 10.2. The molecule has 0 atom stereocenters. The molecule has 0 aliphatic heterocycles. The third-order valence-electron chi connectivity index (χ3n) is 3.77. The fourth-order valence-electron chi connectivity index (χ4n) is 2.58. The molecule has 0 fully saturated rings. The van der Waals surface area contributed by atoms with E-state index >= 15 is 0 Å². The van der Waals surface area contributed by atoms with Crippen molar-refractivity contribution < 1.29 is 0 Å². The number of benzene rings is 2. The van der Waals surface area contributed by atoms with Crippen LogP contribution < -0.4 is 5.32 Å². The number of nitrogens with one attached hydrogen (secondary N) is 2. The molecule has 1 heterocycles. The Kier molecular flexibility index (Phi) is 4.88. The highest BCUT2D eigenvalue weighted by molar-refractivity contribution is 7.80. The highest BCUT2D eigenvalue weighted by Gasteiger charge is 2.11. The van der Waals surface area contributed by atoms with Crippen molar-refractivity contribution in [3.63, 3.8) is 0 Å². The van der Waals surface area contributed by atoms with Crippen molar-refractivity contribution in [3.05, 3.63) is 66.0 Å². The van der Waals surface area contributed by atoms with Gasteiger partial charge in [-0.15, -0.1) is 0 Å². The number of aromatic amines is 1. The van der Waals surface area contributed by atoms with Gasteiger partial charge in [0, 0.05) is 26.6 Å². The Bertz CT molecular complexity index is 749. The Morgan fingerprint density at radius 1 is 1.13 bits per heavy atom. The van der Waals surface area contributed by atoms with Gasteiger partial charge in [-0.2, -0.15) is 0 Å². The number of fused-ring (bicyclic) bond motifs is 1. The van der Waals surface area contributed by atoms with Crippen LogP contribution in [0.15, 0.2) is 54.6 Å². The number of H-pyrrole nitrogens is 1. The van der Waals surface area contributed by atoms with E-state index in [1.165, 1.54) is 5.56 Å². The molecule has 0 bridgehead atoms. The molecule has 0 spiro atoms. The van der Waals surface area contributed by atoms with Gasteiger partial charge < -0.3 is 15.2 Å². The lowest BCUT2D eigenvalue weighted by molar-refractivity contribution is 0.409. The van der Waals surface area contributed by atoms with E-state index < -0.39 is 0 Å². The van der Waals surface area contributed by atoms with Crippen LogP contribution in [0, 0.1) is 0 Å². The molecule has 3 rings (SSSR count). The molecule has 3 aromatic rings. The lowest BCUT2D eigenvalue weighted by Gasteiger charge is -2.24. The largest absolute Gasteiger partial charge is 0.366 e. The fraction of sp³-hybridized carbons (Fsp3) is 0.222. The first-order valence-electron chi connectivity index (χ1n) is 7.70. The molecule has 23 heavy (non-hydrogen) atoms. The van der Waals surface area contributed by atoms with Gasteiger partial charge in [-0.25, -0.2) is 4.98 Å². The zero-order chi connectivity index (χ0) is 16.1. The van der Waals surface area contributed by atoms with E-state index in [1.807, 2.05) is 37.4 Å². The second-order valence-corrected chi connectivity index (χ2v) is 5.80. The van der Waals surface area contributed by atoms with Crippen LogP contribution in [0.25, 0.3) is 11.0 Å². The van der Waals surface area contributed by atoms with Crippen LogP contribution in [0.4, 0.5) is 0 Å². The van der Waals surface area contributed by atoms with E-state index in [1.54, 1.807) is 0 Å². The predicted molar refractivity (Wildman–Crippen MR) is 98.3 cm³/mol. The summed E-state index contributed by atoms with van der Waals surface area (Å²) >= 11 is 5.44. The van der Waals surface area contributed by atoms with Crippen LogP contribution in [-0.2, 0) is 13.0 Å². The van der Waals surface area contributed by atoms with E-state index in [0.717, 1.165) is 41.5 Å². The molecule has 0 radical (unpaired) electrons. The van der Waals surface area contributed by atoms with Crippen LogP contribution >= 0.6 is 12.2 Å². The molecule has 2 N–H and O–H groups in total. The lowest BCUT2D eigenvalue weighted by atomic mass is 10.2. The van der Waals surface area contributed by atoms with E-state index in [9.17, 15) is 0 Å². The number of imidazole rings is 1. The average Bonchev–Trinajstić information content (AvgIpc) is 3.01. The minimum absolute atomic E-state index is 0.755. The second kappa shape index (κ2) is 7.24. The van der Waals surface area contributed by atoms with Crippen LogP contribution in [0.1, 0.15) is 11.4 Å². The maximum Gasteiger partial charge on any atom is 0.168 e. The van der Waals surface area contributed by atoms with Gasteiger partial charge in [0.25, 0.3) is 0 Å². The quantitative estimate of drug-likeness (QED) is 0.708. The van der Waals surface area contributed by atoms with Crippen LogP contribution in [-0.4, -0.2) is 33.6 Å². The molecule has 0 saturated carbocycles. The standard InChI is InChI=1S/C18H20N4S/c1-19-18(23)22(13-14-7-3-2-4-8-14)12-11-17-20-15-9-5-6-10-16(15)21-17/h2-10H,11-13H2,1H3,(H,19,23)(H,20,21). The molecule has 0 aliphatic carbocycles. The van der Waals surface area contributed by atoms with E-state index in [-0.39, 0.29) is 0 Å². The summed E-state index contributed by atoms with van der Waals surface area (Å²) in [5, 5.41) is 3.83. The van der Waals surface area contributed by atoms with E-state index in [0.29, 0.717) is 0 Å². The summed E-state index contributed by atoms with van der Waals surface area (Å²) in [6.07, 6.45) is 0.823. The molecule has 4 nitrogen and oxygen atoms in total. The molecule has 0 amide bonds. The number of hydrogen-bond donors (Lipinski definition) is 2. The van der Waals surface area contributed by atoms with Gasteiger partial charge in [-0.3, -0.25) is 0 Å². The summed E-state index contributed by atoms with van der Waals surface area (Å²) in [7, 11) is 1.86. The monoisotopic (exact) mass is 324 g/mol.